The zero-order valence-corrected chi connectivity index (χ0v) is 12.9. The molecule has 0 saturated heterocycles. The molecule has 2 aromatic heterocycles. The number of fused-ring (bicyclic) bond motifs is 1. The van der Waals surface area contributed by atoms with Gasteiger partial charge in [-0.3, -0.25) is 0 Å². The number of rotatable bonds is 4. The normalized spacial score (nSPS) is 14.5. The van der Waals surface area contributed by atoms with Crippen LogP contribution in [0.25, 0.3) is 10.9 Å². The summed E-state index contributed by atoms with van der Waals surface area (Å²) in [6.07, 6.45) is 4.33. The molecule has 0 N–H and O–H groups in total. The van der Waals surface area contributed by atoms with Crippen molar-refractivity contribution in [2.45, 2.75) is 39.3 Å². The maximum absolute atomic E-state index is 6.00. The number of ether oxygens (including phenoxy) is 1. The van der Waals surface area contributed by atoms with Crippen molar-refractivity contribution in [3.63, 3.8) is 0 Å². The van der Waals surface area contributed by atoms with Crippen LogP contribution in [0.4, 0.5) is 0 Å². The van der Waals surface area contributed by atoms with Crippen LogP contribution < -0.4 is 4.74 Å². The monoisotopic (exact) mass is 293 g/mol. The van der Waals surface area contributed by atoms with Crippen LogP contribution in [0.15, 0.2) is 36.5 Å². The summed E-state index contributed by atoms with van der Waals surface area (Å²) in [6.45, 7) is 4.84. The fourth-order valence-electron chi connectivity index (χ4n) is 3.03. The van der Waals surface area contributed by atoms with Crippen LogP contribution in [0, 0.1) is 13.8 Å². The molecule has 0 radical (unpaired) electrons. The second kappa shape index (κ2) is 5.13. The Bertz CT molecular complexity index is 819. The van der Waals surface area contributed by atoms with E-state index in [1.807, 2.05) is 24.4 Å². The molecular formula is C18H19N3O. The Balaban J connectivity index is 1.76. The van der Waals surface area contributed by atoms with Gasteiger partial charge in [-0.05, 0) is 37.8 Å². The molecule has 0 unspecified atom stereocenters. The summed E-state index contributed by atoms with van der Waals surface area (Å²) in [5.74, 6) is 0.643. The van der Waals surface area contributed by atoms with Crippen molar-refractivity contribution in [3.8, 4) is 5.88 Å². The van der Waals surface area contributed by atoms with Gasteiger partial charge in [0.25, 0.3) is 5.88 Å². The van der Waals surface area contributed by atoms with Gasteiger partial charge >= 0.3 is 0 Å². The molecule has 1 aromatic carbocycles. The van der Waals surface area contributed by atoms with Gasteiger partial charge in [0.1, 0.15) is 12.1 Å². The van der Waals surface area contributed by atoms with Gasteiger partial charge in [0.05, 0.1) is 6.20 Å². The van der Waals surface area contributed by atoms with E-state index in [9.17, 15) is 0 Å². The molecule has 0 atom stereocenters. The van der Waals surface area contributed by atoms with E-state index in [0.29, 0.717) is 18.5 Å². The Labute approximate surface area is 129 Å². The molecule has 4 rings (SSSR count). The lowest BCUT2D eigenvalue weighted by Crippen LogP contribution is -2.03. The lowest BCUT2D eigenvalue weighted by atomic mass is 10.2. The summed E-state index contributed by atoms with van der Waals surface area (Å²) < 4.78 is 8.39. The number of aryl methyl sites for hydroxylation is 1. The van der Waals surface area contributed by atoms with E-state index in [1.165, 1.54) is 24.1 Å². The largest absolute Gasteiger partial charge is 0.470 e. The van der Waals surface area contributed by atoms with Gasteiger partial charge in [-0.2, -0.15) is 5.10 Å². The predicted octanol–water partition coefficient (Wildman–Crippen LogP) is 3.96. The Hall–Kier alpha value is -2.36. The minimum atomic E-state index is 0.516. The average Bonchev–Trinajstić information content (AvgIpc) is 3.35. The van der Waals surface area contributed by atoms with E-state index in [0.717, 1.165) is 16.5 Å². The lowest BCUT2D eigenvalue weighted by molar-refractivity contribution is 0.293. The fourth-order valence-corrected chi connectivity index (χ4v) is 3.03. The topological polar surface area (TPSA) is 39.9 Å². The molecule has 1 saturated carbocycles. The third kappa shape index (κ3) is 2.15. The van der Waals surface area contributed by atoms with Crippen LogP contribution >= 0.6 is 0 Å². The highest BCUT2D eigenvalue weighted by Crippen LogP contribution is 2.42. The summed E-state index contributed by atoms with van der Waals surface area (Å²) in [5.41, 5.74) is 4.82. The molecule has 0 bridgehead atoms. The maximum atomic E-state index is 6.00. The Morgan fingerprint density at radius 3 is 2.68 bits per heavy atom. The van der Waals surface area contributed by atoms with Crippen LogP contribution in [0.3, 0.4) is 0 Å². The number of hydrogen-bond acceptors (Lipinski definition) is 3. The summed E-state index contributed by atoms with van der Waals surface area (Å²) in [6, 6.07) is 10.8. The van der Waals surface area contributed by atoms with Crippen molar-refractivity contribution in [1.29, 1.82) is 0 Å². The van der Waals surface area contributed by atoms with Gasteiger partial charge in [-0.1, -0.05) is 30.3 Å². The van der Waals surface area contributed by atoms with Crippen molar-refractivity contribution in [2.75, 3.05) is 0 Å². The number of aromatic nitrogens is 3. The van der Waals surface area contributed by atoms with E-state index < -0.39 is 0 Å². The van der Waals surface area contributed by atoms with Crippen molar-refractivity contribution in [3.05, 3.63) is 53.3 Å². The minimum Gasteiger partial charge on any atom is -0.470 e. The Kier molecular flexibility index (Phi) is 3.10. The summed E-state index contributed by atoms with van der Waals surface area (Å²) in [5, 5.41) is 9.54. The standard InChI is InChI=1S/C18H19N3O/c1-12-13(2)21(15-8-9-15)17-16(12)10-19-20-18(17)22-11-14-6-4-3-5-7-14/h3-7,10,15H,8-9,11H2,1-2H3. The van der Waals surface area contributed by atoms with Gasteiger partial charge in [0.2, 0.25) is 0 Å². The zero-order valence-electron chi connectivity index (χ0n) is 12.9. The van der Waals surface area contributed by atoms with Crippen LogP contribution in [0.1, 0.15) is 35.7 Å². The van der Waals surface area contributed by atoms with Crippen LogP contribution in [0.2, 0.25) is 0 Å². The van der Waals surface area contributed by atoms with E-state index in [-0.39, 0.29) is 0 Å². The average molecular weight is 293 g/mol. The summed E-state index contributed by atoms with van der Waals surface area (Å²) >= 11 is 0. The first-order valence-electron chi connectivity index (χ1n) is 7.75. The Morgan fingerprint density at radius 2 is 1.95 bits per heavy atom. The van der Waals surface area contributed by atoms with Crippen LogP contribution in [0.5, 0.6) is 5.88 Å². The van der Waals surface area contributed by atoms with Gasteiger partial charge in [0.15, 0.2) is 0 Å². The second-order valence-electron chi connectivity index (χ2n) is 6.00. The van der Waals surface area contributed by atoms with Crippen molar-refractivity contribution < 1.29 is 4.74 Å². The van der Waals surface area contributed by atoms with Crippen molar-refractivity contribution in [2.24, 2.45) is 0 Å². The molecule has 22 heavy (non-hydrogen) atoms. The first-order chi connectivity index (χ1) is 10.8. The van der Waals surface area contributed by atoms with Gasteiger partial charge in [-0.25, -0.2) is 0 Å². The smallest absolute Gasteiger partial charge is 0.258 e. The van der Waals surface area contributed by atoms with E-state index in [2.05, 4.69) is 40.7 Å². The fraction of sp³-hybridized carbons (Fsp3) is 0.333. The second-order valence-corrected chi connectivity index (χ2v) is 6.00. The van der Waals surface area contributed by atoms with Crippen molar-refractivity contribution >= 4 is 10.9 Å². The Morgan fingerprint density at radius 1 is 1.18 bits per heavy atom. The molecule has 4 nitrogen and oxygen atoms in total. The first-order valence-corrected chi connectivity index (χ1v) is 7.75. The van der Waals surface area contributed by atoms with Gasteiger partial charge in [-0.15, -0.1) is 5.10 Å². The summed E-state index contributed by atoms with van der Waals surface area (Å²) in [4.78, 5) is 0. The molecular weight excluding hydrogens is 274 g/mol. The molecule has 2 heterocycles. The molecule has 1 aliphatic carbocycles. The molecule has 3 aromatic rings. The third-order valence-electron chi connectivity index (χ3n) is 4.47. The van der Waals surface area contributed by atoms with Gasteiger partial charge in [0, 0.05) is 17.1 Å². The molecule has 0 aliphatic heterocycles. The highest BCUT2D eigenvalue weighted by molar-refractivity contribution is 5.88. The quantitative estimate of drug-likeness (QED) is 0.731. The van der Waals surface area contributed by atoms with Gasteiger partial charge < -0.3 is 9.30 Å². The predicted molar refractivity (Wildman–Crippen MR) is 86.0 cm³/mol. The third-order valence-corrected chi connectivity index (χ3v) is 4.47. The molecule has 4 heteroatoms. The zero-order chi connectivity index (χ0) is 15.1. The molecule has 0 spiro atoms. The minimum absolute atomic E-state index is 0.516. The molecule has 112 valence electrons. The lowest BCUT2D eigenvalue weighted by Gasteiger charge is -2.10. The highest BCUT2D eigenvalue weighted by atomic mass is 16.5. The van der Waals surface area contributed by atoms with E-state index in [4.69, 9.17) is 4.74 Å². The maximum Gasteiger partial charge on any atom is 0.258 e. The molecule has 0 amide bonds. The van der Waals surface area contributed by atoms with Crippen LogP contribution in [-0.4, -0.2) is 14.8 Å². The van der Waals surface area contributed by atoms with E-state index >= 15 is 0 Å². The van der Waals surface area contributed by atoms with E-state index in [1.54, 1.807) is 0 Å². The number of benzene rings is 1. The van der Waals surface area contributed by atoms with Crippen molar-refractivity contribution in [1.82, 2.24) is 14.8 Å². The number of hydrogen-bond donors (Lipinski definition) is 0. The SMILES string of the molecule is Cc1c(C)n(C2CC2)c2c(OCc3ccccc3)nncc12. The molecule has 1 aliphatic rings. The number of nitrogens with zero attached hydrogens (tertiary/aromatic N) is 3. The molecule has 1 fully saturated rings. The highest BCUT2D eigenvalue weighted by Gasteiger charge is 2.29. The summed E-state index contributed by atoms with van der Waals surface area (Å²) in [7, 11) is 0. The van der Waals surface area contributed by atoms with Crippen LogP contribution in [-0.2, 0) is 6.61 Å². The first kappa shape index (κ1) is 13.3.